The predicted octanol–water partition coefficient (Wildman–Crippen LogP) is 1.19. The molecule has 13 heavy (non-hydrogen) atoms. The second-order valence-corrected chi connectivity index (χ2v) is 2.77. The van der Waals surface area contributed by atoms with E-state index in [0.29, 0.717) is 0 Å². The maximum Gasteiger partial charge on any atom is 0.115 e. The molecular formula is C9H9N3O. The van der Waals surface area contributed by atoms with Crippen LogP contribution in [0.15, 0.2) is 30.5 Å². The van der Waals surface area contributed by atoms with Crippen molar-refractivity contribution in [2.75, 3.05) is 0 Å². The lowest BCUT2D eigenvalue weighted by molar-refractivity contribution is 0.475. The van der Waals surface area contributed by atoms with E-state index in [4.69, 9.17) is 5.11 Å². The van der Waals surface area contributed by atoms with E-state index in [0.717, 1.165) is 11.3 Å². The van der Waals surface area contributed by atoms with Crippen molar-refractivity contribution in [2.45, 2.75) is 0 Å². The van der Waals surface area contributed by atoms with Crippen LogP contribution >= 0.6 is 0 Å². The first-order valence-electron chi connectivity index (χ1n) is 3.91. The Kier molecular flexibility index (Phi) is 1.73. The van der Waals surface area contributed by atoms with Gasteiger partial charge in [0, 0.05) is 12.6 Å². The predicted molar refractivity (Wildman–Crippen MR) is 48.1 cm³/mol. The van der Waals surface area contributed by atoms with Gasteiger partial charge in [0.05, 0.1) is 6.20 Å². The van der Waals surface area contributed by atoms with Crippen LogP contribution in [0.5, 0.6) is 5.75 Å². The summed E-state index contributed by atoms with van der Waals surface area (Å²) < 4.78 is 0. The van der Waals surface area contributed by atoms with Crippen molar-refractivity contribution in [1.82, 2.24) is 15.0 Å². The average molecular weight is 175 g/mol. The third kappa shape index (κ3) is 1.51. The molecule has 66 valence electrons. The number of aromatic nitrogens is 3. The fraction of sp³-hybridized carbons (Fsp3) is 0.111. The van der Waals surface area contributed by atoms with Crippen LogP contribution in [-0.2, 0) is 7.05 Å². The molecule has 1 heterocycles. The van der Waals surface area contributed by atoms with Crippen LogP contribution in [0.1, 0.15) is 0 Å². The summed E-state index contributed by atoms with van der Waals surface area (Å²) in [5.74, 6) is 0.257. The first kappa shape index (κ1) is 7.79. The minimum Gasteiger partial charge on any atom is -0.508 e. The molecule has 1 aromatic heterocycles. The summed E-state index contributed by atoms with van der Waals surface area (Å²) in [5.41, 5.74) is 1.76. The van der Waals surface area contributed by atoms with Gasteiger partial charge in [-0.15, -0.1) is 0 Å². The molecule has 0 unspecified atom stereocenters. The van der Waals surface area contributed by atoms with E-state index in [-0.39, 0.29) is 5.75 Å². The highest BCUT2D eigenvalue weighted by Gasteiger charge is 2.00. The zero-order valence-electron chi connectivity index (χ0n) is 7.18. The molecular weight excluding hydrogens is 166 g/mol. The van der Waals surface area contributed by atoms with Gasteiger partial charge in [-0.2, -0.15) is 15.0 Å². The Labute approximate surface area is 75.4 Å². The van der Waals surface area contributed by atoms with Crippen molar-refractivity contribution >= 4 is 0 Å². The molecule has 0 spiro atoms. The summed E-state index contributed by atoms with van der Waals surface area (Å²) in [5, 5.41) is 17.2. The van der Waals surface area contributed by atoms with Gasteiger partial charge in [-0.25, -0.2) is 0 Å². The van der Waals surface area contributed by atoms with Gasteiger partial charge >= 0.3 is 0 Å². The average Bonchev–Trinajstić information content (AvgIpc) is 2.53. The van der Waals surface area contributed by atoms with E-state index in [1.54, 1.807) is 37.5 Å². The molecule has 1 N–H and O–H groups in total. The second-order valence-electron chi connectivity index (χ2n) is 2.77. The Balaban J connectivity index is 2.41. The van der Waals surface area contributed by atoms with E-state index in [9.17, 15) is 0 Å². The maximum atomic E-state index is 9.07. The zero-order chi connectivity index (χ0) is 9.26. The summed E-state index contributed by atoms with van der Waals surface area (Å²) in [6, 6.07) is 6.87. The molecule has 0 radical (unpaired) electrons. The second kappa shape index (κ2) is 2.90. The van der Waals surface area contributed by atoms with Gasteiger partial charge in [0.1, 0.15) is 11.4 Å². The number of aryl methyl sites for hydroxylation is 1. The van der Waals surface area contributed by atoms with Gasteiger partial charge in [-0.1, -0.05) is 0 Å². The van der Waals surface area contributed by atoms with Crippen LogP contribution in [0.2, 0.25) is 0 Å². The Morgan fingerprint density at radius 1 is 1.23 bits per heavy atom. The molecule has 0 atom stereocenters. The first-order chi connectivity index (χ1) is 6.25. The molecule has 4 nitrogen and oxygen atoms in total. The summed E-state index contributed by atoms with van der Waals surface area (Å²) in [6.45, 7) is 0. The van der Waals surface area contributed by atoms with E-state index >= 15 is 0 Å². The number of benzene rings is 1. The lowest BCUT2D eigenvalue weighted by atomic mass is 10.2. The lowest BCUT2D eigenvalue weighted by Gasteiger charge is -1.94. The summed E-state index contributed by atoms with van der Waals surface area (Å²) in [6.07, 6.45) is 1.69. The van der Waals surface area contributed by atoms with E-state index in [1.165, 1.54) is 4.80 Å². The van der Waals surface area contributed by atoms with Crippen molar-refractivity contribution in [1.29, 1.82) is 0 Å². The van der Waals surface area contributed by atoms with E-state index in [1.807, 2.05) is 0 Å². The Morgan fingerprint density at radius 3 is 2.46 bits per heavy atom. The third-order valence-electron chi connectivity index (χ3n) is 1.76. The van der Waals surface area contributed by atoms with Gasteiger partial charge < -0.3 is 5.11 Å². The van der Waals surface area contributed by atoms with Crippen LogP contribution in [0, 0.1) is 0 Å². The van der Waals surface area contributed by atoms with Crippen LogP contribution in [0.3, 0.4) is 0 Å². The Bertz CT molecular complexity index is 405. The molecule has 0 aliphatic heterocycles. The SMILES string of the molecule is Cn1ncc(-c2ccc(O)cc2)n1. The van der Waals surface area contributed by atoms with Gasteiger partial charge in [0.25, 0.3) is 0 Å². The van der Waals surface area contributed by atoms with Crippen LogP contribution in [-0.4, -0.2) is 20.1 Å². The normalized spacial score (nSPS) is 10.2. The molecule has 2 rings (SSSR count). The highest BCUT2D eigenvalue weighted by atomic mass is 16.3. The van der Waals surface area contributed by atoms with Crippen molar-refractivity contribution in [3.8, 4) is 17.0 Å². The monoisotopic (exact) mass is 175 g/mol. The molecule has 0 aliphatic carbocycles. The maximum absolute atomic E-state index is 9.07. The molecule has 0 bridgehead atoms. The minimum absolute atomic E-state index is 0.257. The molecule has 4 heteroatoms. The van der Waals surface area contributed by atoms with E-state index in [2.05, 4.69) is 10.2 Å². The summed E-state index contributed by atoms with van der Waals surface area (Å²) in [7, 11) is 1.77. The van der Waals surface area contributed by atoms with Crippen molar-refractivity contribution in [3.05, 3.63) is 30.5 Å². The fourth-order valence-corrected chi connectivity index (χ4v) is 1.11. The highest BCUT2D eigenvalue weighted by molar-refractivity contribution is 5.58. The fourth-order valence-electron chi connectivity index (χ4n) is 1.11. The highest BCUT2D eigenvalue weighted by Crippen LogP contribution is 2.18. The number of phenols is 1. The largest absolute Gasteiger partial charge is 0.508 e. The van der Waals surface area contributed by atoms with Crippen molar-refractivity contribution < 1.29 is 5.11 Å². The van der Waals surface area contributed by atoms with Crippen LogP contribution in [0.4, 0.5) is 0 Å². The number of phenolic OH excluding ortho intramolecular Hbond substituents is 1. The first-order valence-corrected chi connectivity index (χ1v) is 3.91. The number of aromatic hydroxyl groups is 1. The third-order valence-corrected chi connectivity index (χ3v) is 1.76. The minimum atomic E-state index is 0.257. The molecule has 0 amide bonds. The van der Waals surface area contributed by atoms with Gasteiger partial charge in [0.15, 0.2) is 0 Å². The summed E-state index contributed by atoms with van der Waals surface area (Å²) >= 11 is 0. The molecule has 0 saturated heterocycles. The number of hydrogen-bond donors (Lipinski definition) is 1. The molecule has 1 aromatic carbocycles. The molecule has 2 aromatic rings. The van der Waals surface area contributed by atoms with Crippen LogP contribution in [0.25, 0.3) is 11.3 Å². The topological polar surface area (TPSA) is 50.9 Å². The zero-order valence-corrected chi connectivity index (χ0v) is 7.18. The molecule has 0 aliphatic rings. The van der Waals surface area contributed by atoms with Crippen LogP contribution < -0.4 is 0 Å². The quantitative estimate of drug-likeness (QED) is 0.708. The number of hydrogen-bond acceptors (Lipinski definition) is 3. The summed E-state index contributed by atoms with van der Waals surface area (Å²) in [4.78, 5) is 1.50. The molecule has 0 saturated carbocycles. The van der Waals surface area contributed by atoms with Gasteiger partial charge in [-0.05, 0) is 24.3 Å². The smallest absolute Gasteiger partial charge is 0.115 e. The Morgan fingerprint density at radius 2 is 1.92 bits per heavy atom. The number of rotatable bonds is 1. The lowest BCUT2D eigenvalue weighted by Crippen LogP contribution is -1.91. The standard InChI is InChI=1S/C9H9N3O/c1-12-10-6-9(11-12)7-2-4-8(13)5-3-7/h2-6,13H,1H3. The van der Waals surface area contributed by atoms with Gasteiger partial charge in [0.2, 0.25) is 0 Å². The molecule has 0 fully saturated rings. The number of nitrogens with zero attached hydrogens (tertiary/aromatic N) is 3. The Hall–Kier alpha value is -1.84. The van der Waals surface area contributed by atoms with Crippen molar-refractivity contribution in [2.24, 2.45) is 7.05 Å². The van der Waals surface area contributed by atoms with E-state index < -0.39 is 0 Å². The van der Waals surface area contributed by atoms with Crippen molar-refractivity contribution in [3.63, 3.8) is 0 Å². The van der Waals surface area contributed by atoms with Gasteiger partial charge in [-0.3, -0.25) is 0 Å².